The lowest BCUT2D eigenvalue weighted by Gasteiger charge is -2.42. The average molecular weight is 578 g/mol. The number of pyridine rings is 2. The van der Waals surface area contributed by atoms with Crippen LogP contribution in [-0.4, -0.2) is 9.97 Å². The number of anilines is 3. The van der Waals surface area contributed by atoms with Gasteiger partial charge in [-0.2, -0.15) is 0 Å². The lowest BCUT2D eigenvalue weighted by Crippen LogP contribution is -2.31. The van der Waals surface area contributed by atoms with Crippen molar-refractivity contribution in [1.82, 2.24) is 9.97 Å². The molecule has 1 aliphatic heterocycles. The molecule has 208 valence electrons. The fourth-order valence-corrected chi connectivity index (χ4v) is 7.74. The summed E-state index contributed by atoms with van der Waals surface area (Å²) >= 11 is 1.83. The van der Waals surface area contributed by atoms with Gasteiger partial charge in [-0.3, -0.25) is 9.88 Å². The number of halogens is 1. The Kier molecular flexibility index (Phi) is 5.92. The first-order chi connectivity index (χ1) is 21.0. The Labute approximate surface area is 253 Å². The first-order valence-corrected chi connectivity index (χ1v) is 15.3. The van der Waals surface area contributed by atoms with E-state index in [1.165, 1.54) is 25.7 Å². The Morgan fingerprint density at radius 3 is 2.30 bits per heavy atom. The molecule has 0 aliphatic carbocycles. The van der Waals surface area contributed by atoms with Crippen LogP contribution >= 0.6 is 11.3 Å². The number of hydrogen-bond acceptors (Lipinski definition) is 4. The van der Waals surface area contributed by atoms with Crippen molar-refractivity contribution in [3.8, 4) is 11.3 Å². The van der Waals surface area contributed by atoms with Gasteiger partial charge in [-0.05, 0) is 76.9 Å². The van der Waals surface area contributed by atoms with E-state index in [4.69, 9.17) is 4.98 Å². The Morgan fingerprint density at radius 2 is 1.49 bits per heavy atom. The van der Waals surface area contributed by atoms with Crippen molar-refractivity contribution < 1.29 is 4.39 Å². The lowest BCUT2D eigenvalue weighted by atomic mass is 9.71. The van der Waals surface area contributed by atoms with Crippen LogP contribution in [0.5, 0.6) is 0 Å². The van der Waals surface area contributed by atoms with Crippen molar-refractivity contribution in [2.24, 2.45) is 0 Å². The maximum atomic E-state index is 16.4. The molecule has 1 aliphatic rings. The van der Waals surface area contributed by atoms with E-state index >= 15 is 4.39 Å². The highest BCUT2D eigenvalue weighted by atomic mass is 32.1. The summed E-state index contributed by atoms with van der Waals surface area (Å²) in [6.45, 7) is 4.57. The smallest absolute Gasteiger partial charge is 0.150 e. The van der Waals surface area contributed by atoms with Gasteiger partial charge in [0.15, 0.2) is 6.17 Å². The third kappa shape index (κ3) is 4.07. The van der Waals surface area contributed by atoms with Crippen LogP contribution in [0.2, 0.25) is 0 Å². The fraction of sp³-hybridized carbons (Fsp3) is 0.105. The summed E-state index contributed by atoms with van der Waals surface area (Å²) in [5.41, 5.74) is 7.06. The molecule has 3 nitrogen and oxygen atoms in total. The summed E-state index contributed by atoms with van der Waals surface area (Å²) in [4.78, 5) is 11.5. The molecular formula is C38H28FN3S. The van der Waals surface area contributed by atoms with Crippen LogP contribution in [0.15, 0.2) is 128 Å². The first-order valence-electron chi connectivity index (χ1n) is 14.5. The van der Waals surface area contributed by atoms with Gasteiger partial charge in [0.25, 0.3) is 0 Å². The van der Waals surface area contributed by atoms with E-state index < -0.39 is 6.17 Å². The van der Waals surface area contributed by atoms with E-state index in [9.17, 15) is 0 Å². The molecule has 7 aromatic rings. The highest BCUT2D eigenvalue weighted by Gasteiger charge is 2.39. The molecule has 0 N–H and O–H groups in total. The third-order valence-corrected chi connectivity index (χ3v) is 9.77. The van der Waals surface area contributed by atoms with E-state index in [1.54, 1.807) is 6.20 Å². The molecule has 43 heavy (non-hydrogen) atoms. The Hall–Kier alpha value is -4.87. The van der Waals surface area contributed by atoms with Crippen LogP contribution in [-0.2, 0) is 5.41 Å². The molecule has 4 aromatic carbocycles. The zero-order chi connectivity index (χ0) is 29.1. The van der Waals surface area contributed by atoms with Gasteiger partial charge in [-0.25, -0.2) is 9.37 Å². The second-order valence-corrected chi connectivity index (χ2v) is 12.6. The van der Waals surface area contributed by atoms with E-state index in [2.05, 4.69) is 66.2 Å². The fourth-order valence-electron chi connectivity index (χ4n) is 6.62. The largest absolute Gasteiger partial charge is 0.294 e. The van der Waals surface area contributed by atoms with Crippen molar-refractivity contribution >= 4 is 48.7 Å². The predicted octanol–water partition coefficient (Wildman–Crippen LogP) is 10.7. The minimum Gasteiger partial charge on any atom is -0.294 e. The van der Waals surface area contributed by atoms with Crippen LogP contribution in [0.25, 0.3) is 31.4 Å². The van der Waals surface area contributed by atoms with Crippen molar-refractivity contribution in [2.45, 2.75) is 25.4 Å². The van der Waals surface area contributed by atoms with E-state index in [-0.39, 0.29) is 5.41 Å². The van der Waals surface area contributed by atoms with Crippen LogP contribution in [0.4, 0.5) is 21.6 Å². The van der Waals surface area contributed by atoms with Gasteiger partial charge in [0, 0.05) is 43.5 Å². The molecule has 0 spiro atoms. The molecule has 8 rings (SSSR count). The maximum Gasteiger partial charge on any atom is 0.150 e. The van der Waals surface area contributed by atoms with Crippen LogP contribution in [0, 0.1) is 0 Å². The zero-order valence-corrected chi connectivity index (χ0v) is 24.6. The summed E-state index contributed by atoms with van der Waals surface area (Å²) in [6, 6.07) is 38.5. The number of alkyl halides is 1. The minimum atomic E-state index is -1.30. The van der Waals surface area contributed by atoms with Gasteiger partial charge in [-0.15, -0.1) is 11.3 Å². The van der Waals surface area contributed by atoms with E-state index in [0.717, 1.165) is 34.0 Å². The van der Waals surface area contributed by atoms with Crippen LogP contribution < -0.4 is 4.90 Å². The van der Waals surface area contributed by atoms with Crippen molar-refractivity contribution in [3.05, 3.63) is 150 Å². The monoisotopic (exact) mass is 577 g/mol. The zero-order valence-electron chi connectivity index (χ0n) is 23.8. The SMILES string of the molecule is CC1(C)c2ccc(C(F)c3cccc(-c4ccccn4)c3)cc2N(c2ccccn2)c2ccc3sc4ccccc4c3c21. The van der Waals surface area contributed by atoms with Gasteiger partial charge < -0.3 is 0 Å². The number of rotatable bonds is 4. The Balaban J connectivity index is 1.32. The number of hydrogen-bond donors (Lipinski definition) is 0. The Morgan fingerprint density at radius 1 is 0.698 bits per heavy atom. The van der Waals surface area contributed by atoms with Gasteiger partial charge in [-0.1, -0.05) is 74.5 Å². The van der Waals surface area contributed by atoms with Crippen molar-refractivity contribution in [1.29, 1.82) is 0 Å². The maximum absolute atomic E-state index is 16.4. The van der Waals surface area contributed by atoms with Gasteiger partial charge in [0.1, 0.15) is 5.82 Å². The van der Waals surface area contributed by atoms with Crippen molar-refractivity contribution in [3.63, 3.8) is 0 Å². The number of fused-ring (bicyclic) bond motifs is 6. The topological polar surface area (TPSA) is 29.0 Å². The summed E-state index contributed by atoms with van der Waals surface area (Å²) < 4.78 is 19.0. The quantitative estimate of drug-likeness (QED) is 0.208. The van der Waals surface area contributed by atoms with Crippen LogP contribution in [0.1, 0.15) is 42.3 Å². The summed E-state index contributed by atoms with van der Waals surface area (Å²) in [7, 11) is 0. The predicted molar refractivity (Wildman–Crippen MR) is 177 cm³/mol. The highest BCUT2D eigenvalue weighted by molar-refractivity contribution is 7.25. The molecule has 0 amide bonds. The van der Waals surface area contributed by atoms with E-state index in [0.29, 0.717) is 11.1 Å². The minimum absolute atomic E-state index is 0.331. The summed E-state index contributed by atoms with van der Waals surface area (Å²) in [6.07, 6.45) is 2.28. The highest BCUT2D eigenvalue weighted by Crippen LogP contribution is 2.56. The normalized spacial score (nSPS) is 14.4. The van der Waals surface area contributed by atoms with E-state index in [1.807, 2.05) is 90.3 Å². The van der Waals surface area contributed by atoms with Gasteiger partial charge in [0.05, 0.1) is 17.1 Å². The summed E-state index contributed by atoms with van der Waals surface area (Å²) in [5, 5.41) is 2.55. The molecule has 1 unspecified atom stereocenters. The first kappa shape index (κ1) is 25.8. The average Bonchev–Trinajstić information content (AvgIpc) is 3.44. The lowest BCUT2D eigenvalue weighted by molar-refractivity contribution is 0.402. The molecular weight excluding hydrogens is 550 g/mol. The molecule has 0 radical (unpaired) electrons. The van der Waals surface area contributed by atoms with Crippen LogP contribution in [0.3, 0.4) is 0 Å². The second-order valence-electron chi connectivity index (χ2n) is 11.6. The third-order valence-electron chi connectivity index (χ3n) is 8.63. The number of thiophene rings is 1. The molecule has 0 bridgehead atoms. The molecule has 1 atom stereocenters. The number of benzene rings is 4. The standard InChI is InChI=1S/C38H28FN3S/c1-38(2)28-17-16-26(37(39)25-11-9-10-24(22-25)29-13-5-7-20-40-29)23-31(28)42(34-15-6-8-21-41-34)30-18-19-33-35(36(30)38)27-12-3-4-14-32(27)43-33/h3-23,37H,1-2H3. The molecule has 5 heteroatoms. The van der Waals surface area contributed by atoms with Gasteiger partial charge >= 0.3 is 0 Å². The number of aromatic nitrogens is 2. The molecule has 0 fully saturated rings. The Bertz CT molecular complexity index is 2140. The molecule has 3 aromatic heterocycles. The van der Waals surface area contributed by atoms with Gasteiger partial charge in [0.2, 0.25) is 0 Å². The molecule has 4 heterocycles. The molecule has 0 saturated heterocycles. The number of nitrogens with zero attached hydrogens (tertiary/aromatic N) is 3. The van der Waals surface area contributed by atoms with Crippen molar-refractivity contribution in [2.75, 3.05) is 4.90 Å². The summed E-state index contributed by atoms with van der Waals surface area (Å²) in [5.74, 6) is 0.809. The molecule has 0 saturated carbocycles. The second kappa shape index (κ2) is 9.85.